The van der Waals surface area contributed by atoms with Gasteiger partial charge in [-0.15, -0.1) is 0 Å². The summed E-state index contributed by atoms with van der Waals surface area (Å²) < 4.78 is 25.7. The predicted octanol–water partition coefficient (Wildman–Crippen LogP) is 2.10. The highest BCUT2D eigenvalue weighted by molar-refractivity contribution is 5.85. The molecule has 0 bridgehead atoms. The Morgan fingerprint density at radius 3 is 2.39 bits per heavy atom. The summed E-state index contributed by atoms with van der Waals surface area (Å²) in [6, 6.07) is 3.52. The highest BCUT2D eigenvalue weighted by atomic mass is 19.2. The molecule has 0 aromatic heterocycles. The highest BCUT2D eigenvalue weighted by Gasteiger charge is 2.29. The van der Waals surface area contributed by atoms with Crippen LogP contribution in [-0.2, 0) is 11.3 Å². The van der Waals surface area contributed by atoms with Gasteiger partial charge in [0, 0.05) is 6.54 Å². The molecule has 0 unspecified atom stereocenters. The summed E-state index contributed by atoms with van der Waals surface area (Å²) in [7, 11) is 0. The third-order valence-corrected chi connectivity index (χ3v) is 3.15. The number of hydrogen-bond donors (Lipinski definition) is 2. The first-order chi connectivity index (χ1) is 8.42. The highest BCUT2D eigenvalue weighted by Crippen LogP contribution is 2.12. The van der Waals surface area contributed by atoms with Gasteiger partial charge in [0.25, 0.3) is 0 Å². The lowest BCUT2D eigenvalue weighted by Crippen LogP contribution is -2.52. The second-order valence-corrected chi connectivity index (χ2v) is 4.29. The Morgan fingerprint density at radius 2 is 1.89 bits per heavy atom. The van der Waals surface area contributed by atoms with Crippen molar-refractivity contribution in [3.63, 3.8) is 0 Å². The molecule has 0 fully saturated rings. The van der Waals surface area contributed by atoms with Gasteiger partial charge in [-0.05, 0) is 30.5 Å². The molecule has 18 heavy (non-hydrogen) atoms. The van der Waals surface area contributed by atoms with E-state index in [9.17, 15) is 13.6 Å². The molecule has 0 atom stereocenters. The molecule has 1 rings (SSSR count). The fraction of sp³-hybridized carbons (Fsp3) is 0.462. The number of carbonyl (C=O) groups is 1. The molecule has 1 aromatic carbocycles. The van der Waals surface area contributed by atoms with Crippen molar-refractivity contribution < 1.29 is 13.6 Å². The van der Waals surface area contributed by atoms with Gasteiger partial charge < -0.3 is 11.1 Å². The molecule has 0 saturated heterocycles. The zero-order valence-corrected chi connectivity index (χ0v) is 10.6. The van der Waals surface area contributed by atoms with Gasteiger partial charge in [-0.1, -0.05) is 19.9 Å². The Kier molecular flexibility index (Phi) is 4.78. The maximum atomic E-state index is 13.0. The average molecular weight is 256 g/mol. The van der Waals surface area contributed by atoms with Gasteiger partial charge in [0.2, 0.25) is 5.91 Å². The topological polar surface area (TPSA) is 55.1 Å². The molecule has 0 spiro atoms. The summed E-state index contributed by atoms with van der Waals surface area (Å²) in [6.45, 7) is 3.80. The molecule has 0 heterocycles. The lowest BCUT2D eigenvalue weighted by atomic mass is 9.93. The molecular weight excluding hydrogens is 238 g/mol. The van der Waals surface area contributed by atoms with Crippen LogP contribution in [0.2, 0.25) is 0 Å². The molecule has 0 saturated carbocycles. The lowest BCUT2D eigenvalue weighted by molar-refractivity contribution is -0.126. The molecular formula is C13H18F2N2O. The first-order valence-corrected chi connectivity index (χ1v) is 5.94. The van der Waals surface area contributed by atoms with E-state index in [0.717, 1.165) is 12.1 Å². The van der Waals surface area contributed by atoms with E-state index in [4.69, 9.17) is 5.73 Å². The van der Waals surface area contributed by atoms with Crippen molar-refractivity contribution in [3.8, 4) is 0 Å². The Labute approximate surface area is 105 Å². The fourth-order valence-electron chi connectivity index (χ4n) is 1.58. The molecule has 1 amide bonds. The van der Waals surface area contributed by atoms with Gasteiger partial charge in [0.15, 0.2) is 11.6 Å². The summed E-state index contributed by atoms with van der Waals surface area (Å²) >= 11 is 0. The normalized spacial score (nSPS) is 11.4. The van der Waals surface area contributed by atoms with E-state index >= 15 is 0 Å². The first-order valence-electron chi connectivity index (χ1n) is 5.94. The number of carbonyl (C=O) groups excluding carboxylic acids is 1. The standard InChI is InChI=1S/C13H18F2N2O/c1-3-13(16,4-2)12(18)17-8-9-5-6-10(14)11(15)7-9/h5-7H,3-4,8,16H2,1-2H3,(H,17,18). The zero-order valence-electron chi connectivity index (χ0n) is 10.6. The largest absolute Gasteiger partial charge is 0.350 e. The number of hydrogen-bond acceptors (Lipinski definition) is 2. The van der Waals surface area contributed by atoms with Gasteiger partial charge in [0.05, 0.1) is 5.54 Å². The summed E-state index contributed by atoms with van der Waals surface area (Å²) in [5, 5.41) is 2.64. The number of nitrogens with two attached hydrogens (primary N) is 1. The van der Waals surface area contributed by atoms with Gasteiger partial charge >= 0.3 is 0 Å². The van der Waals surface area contributed by atoms with E-state index < -0.39 is 17.2 Å². The fourth-order valence-corrected chi connectivity index (χ4v) is 1.58. The van der Waals surface area contributed by atoms with E-state index in [1.807, 2.05) is 13.8 Å². The Hall–Kier alpha value is -1.49. The van der Waals surface area contributed by atoms with Gasteiger partial charge in [0.1, 0.15) is 0 Å². The smallest absolute Gasteiger partial charge is 0.240 e. The predicted molar refractivity (Wildman–Crippen MR) is 65.7 cm³/mol. The van der Waals surface area contributed by atoms with Crippen LogP contribution in [0.3, 0.4) is 0 Å². The summed E-state index contributed by atoms with van der Waals surface area (Å²) in [5.41, 5.74) is 5.50. The molecule has 3 N–H and O–H groups in total. The van der Waals surface area contributed by atoms with E-state index in [0.29, 0.717) is 18.4 Å². The number of amides is 1. The van der Waals surface area contributed by atoms with Crippen LogP contribution in [0.25, 0.3) is 0 Å². The van der Waals surface area contributed by atoms with E-state index in [1.54, 1.807) is 0 Å². The molecule has 0 aliphatic rings. The first kappa shape index (κ1) is 14.6. The molecule has 3 nitrogen and oxygen atoms in total. The van der Waals surface area contributed by atoms with Gasteiger partial charge in [-0.3, -0.25) is 4.79 Å². The van der Waals surface area contributed by atoms with Crippen molar-refractivity contribution in [2.75, 3.05) is 0 Å². The van der Waals surface area contributed by atoms with Crippen LogP contribution in [0, 0.1) is 11.6 Å². The third-order valence-electron chi connectivity index (χ3n) is 3.15. The maximum absolute atomic E-state index is 13.0. The SMILES string of the molecule is CCC(N)(CC)C(=O)NCc1ccc(F)c(F)c1. The van der Waals surface area contributed by atoms with Crippen LogP contribution in [0.15, 0.2) is 18.2 Å². The average Bonchev–Trinajstić information content (AvgIpc) is 2.38. The minimum absolute atomic E-state index is 0.134. The Bertz CT molecular complexity index is 431. The van der Waals surface area contributed by atoms with Crippen molar-refractivity contribution in [1.82, 2.24) is 5.32 Å². The van der Waals surface area contributed by atoms with Crippen molar-refractivity contribution in [1.29, 1.82) is 0 Å². The summed E-state index contributed by atoms with van der Waals surface area (Å²) in [6.07, 6.45) is 1.04. The third kappa shape index (κ3) is 3.26. The maximum Gasteiger partial charge on any atom is 0.240 e. The van der Waals surface area contributed by atoms with Crippen LogP contribution in [0.5, 0.6) is 0 Å². The second-order valence-electron chi connectivity index (χ2n) is 4.29. The quantitative estimate of drug-likeness (QED) is 0.847. The van der Waals surface area contributed by atoms with Crippen molar-refractivity contribution >= 4 is 5.91 Å². The monoisotopic (exact) mass is 256 g/mol. The van der Waals surface area contributed by atoms with E-state index in [1.165, 1.54) is 6.07 Å². The summed E-state index contributed by atoms with van der Waals surface area (Å²) in [4.78, 5) is 11.8. The molecule has 0 aliphatic heterocycles. The molecule has 0 aliphatic carbocycles. The Morgan fingerprint density at radius 1 is 1.28 bits per heavy atom. The van der Waals surface area contributed by atoms with Crippen LogP contribution in [0.4, 0.5) is 8.78 Å². The molecule has 0 radical (unpaired) electrons. The van der Waals surface area contributed by atoms with Crippen molar-refractivity contribution in [2.24, 2.45) is 5.73 Å². The molecule has 5 heteroatoms. The molecule has 1 aromatic rings. The van der Waals surface area contributed by atoms with Gasteiger partial charge in [-0.25, -0.2) is 8.78 Å². The molecule has 100 valence electrons. The van der Waals surface area contributed by atoms with E-state index in [2.05, 4.69) is 5.32 Å². The van der Waals surface area contributed by atoms with Crippen LogP contribution >= 0.6 is 0 Å². The summed E-state index contributed by atoms with van der Waals surface area (Å²) in [5.74, 6) is -2.11. The van der Waals surface area contributed by atoms with E-state index in [-0.39, 0.29) is 12.5 Å². The number of benzene rings is 1. The number of halogens is 2. The number of rotatable bonds is 5. The van der Waals surface area contributed by atoms with Crippen molar-refractivity contribution in [3.05, 3.63) is 35.4 Å². The lowest BCUT2D eigenvalue weighted by Gasteiger charge is -2.25. The van der Waals surface area contributed by atoms with Crippen molar-refractivity contribution in [2.45, 2.75) is 38.8 Å². The van der Waals surface area contributed by atoms with Gasteiger partial charge in [-0.2, -0.15) is 0 Å². The minimum atomic E-state index is -0.924. The zero-order chi connectivity index (χ0) is 13.8. The number of nitrogens with one attached hydrogen (secondary N) is 1. The van der Waals surface area contributed by atoms with Crippen LogP contribution < -0.4 is 11.1 Å². The second kappa shape index (κ2) is 5.91. The van der Waals surface area contributed by atoms with Crippen LogP contribution in [0.1, 0.15) is 32.3 Å². The Balaban J connectivity index is 2.65. The van der Waals surface area contributed by atoms with Crippen LogP contribution in [-0.4, -0.2) is 11.4 Å². The minimum Gasteiger partial charge on any atom is -0.350 e.